The fourth-order valence-electron chi connectivity index (χ4n) is 0.275. The second kappa shape index (κ2) is 5.61. The number of halogens is 2. The van der Waals surface area contributed by atoms with E-state index in [1.54, 1.807) is 0 Å². The Hall–Kier alpha value is -0.520. The Morgan fingerprint density at radius 1 is 1.56 bits per heavy atom. The van der Waals surface area contributed by atoms with Crippen LogP contribution in [0.25, 0.3) is 0 Å². The Kier molecular flexibility index (Phi) is 7.05. The third-order valence-electron chi connectivity index (χ3n) is 0.552. The number of hydrogen-bond donors (Lipinski definition) is 3. The monoisotopic (exact) mass is 171 g/mol. The maximum atomic E-state index is 4.91. The molecular weight excluding hydrogens is 165 g/mol. The Morgan fingerprint density at radius 3 is 2.44 bits per heavy atom. The van der Waals surface area contributed by atoms with E-state index in [1.165, 1.54) is 6.33 Å². The number of rotatable bonds is 1. The van der Waals surface area contributed by atoms with Gasteiger partial charge in [0.1, 0.15) is 6.33 Å². The van der Waals surface area contributed by atoms with Gasteiger partial charge in [0.2, 0.25) is 5.95 Å². The average Bonchev–Trinajstić information content (AvgIpc) is 2.14. The lowest BCUT2D eigenvalue weighted by Gasteiger charge is -1.84. The van der Waals surface area contributed by atoms with Crippen LogP contribution in [0.4, 0.5) is 5.95 Å². The first-order valence-electron chi connectivity index (χ1n) is 1.75. The zero-order valence-corrected chi connectivity index (χ0v) is 6.00. The first-order chi connectivity index (χ1) is 3.43. The summed E-state index contributed by atoms with van der Waals surface area (Å²) in [5.74, 6) is 5.38. The first-order valence-corrected chi connectivity index (χ1v) is 1.75. The van der Waals surface area contributed by atoms with Crippen LogP contribution in [-0.2, 0) is 0 Å². The predicted octanol–water partition coefficient (Wildman–Crippen LogP) is -0.0661. The van der Waals surface area contributed by atoms with Gasteiger partial charge in [-0.05, 0) is 0 Å². The van der Waals surface area contributed by atoms with E-state index in [2.05, 4.69) is 20.6 Å². The summed E-state index contributed by atoms with van der Waals surface area (Å²) in [6.07, 6.45) is 1.37. The highest BCUT2D eigenvalue weighted by Crippen LogP contribution is 1.83. The number of nitrogen functional groups attached to an aromatic ring is 1. The van der Waals surface area contributed by atoms with Crippen molar-refractivity contribution in [1.29, 1.82) is 0 Å². The summed E-state index contributed by atoms with van der Waals surface area (Å²) in [5, 5.41) is 6.00. The molecule has 0 saturated carbocycles. The molecule has 0 atom stereocenters. The minimum Gasteiger partial charge on any atom is -0.293 e. The first kappa shape index (κ1) is 11.3. The quantitative estimate of drug-likeness (QED) is 0.409. The van der Waals surface area contributed by atoms with Gasteiger partial charge in [0, 0.05) is 0 Å². The molecule has 0 amide bonds. The van der Waals surface area contributed by atoms with Gasteiger partial charge < -0.3 is 0 Å². The molecule has 9 heavy (non-hydrogen) atoms. The smallest absolute Gasteiger partial charge is 0.232 e. The Labute approximate surface area is 64.2 Å². The molecule has 0 aromatic carbocycles. The van der Waals surface area contributed by atoms with Gasteiger partial charge in [-0.15, -0.1) is 24.8 Å². The molecule has 54 valence electrons. The molecule has 0 aliphatic rings. The molecule has 0 saturated heterocycles. The molecule has 0 unspecified atom stereocenters. The summed E-state index contributed by atoms with van der Waals surface area (Å²) in [4.78, 5) is 3.63. The van der Waals surface area contributed by atoms with Gasteiger partial charge in [-0.2, -0.15) is 10.1 Å². The van der Waals surface area contributed by atoms with Crippen molar-refractivity contribution in [1.82, 2.24) is 15.2 Å². The number of nitrogens with zero attached hydrogens (tertiary/aromatic N) is 2. The fourth-order valence-corrected chi connectivity index (χ4v) is 0.275. The number of hydrazine groups is 1. The lowest BCUT2D eigenvalue weighted by atomic mass is 11.1. The molecule has 7 heteroatoms. The second-order valence-corrected chi connectivity index (χ2v) is 0.978. The minimum atomic E-state index is 0. The van der Waals surface area contributed by atoms with E-state index in [0.29, 0.717) is 5.95 Å². The van der Waals surface area contributed by atoms with Crippen molar-refractivity contribution in [2.75, 3.05) is 5.43 Å². The van der Waals surface area contributed by atoms with Gasteiger partial charge in [0.25, 0.3) is 0 Å². The van der Waals surface area contributed by atoms with Crippen molar-refractivity contribution >= 4 is 30.8 Å². The van der Waals surface area contributed by atoms with E-state index in [-0.39, 0.29) is 24.8 Å². The van der Waals surface area contributed by atoms with Crippen LogP contribution in [0.1, 0.15) is 0 Å². The number of nitrogens with one attached hydrogen (secondary N) is 2. The maximum absolute atomic E-state index is 4.91. The minimum absolute atomic E-state index is 0. The van der Waals surface area contributed by atoms with Crippen LogP contribution in [0.3, 0.4) is 0 Å². The summed E-state index contributed by atoms with van der Waals surface area (Å²) >= 11 is 0. The van der Waals surface area contributed by atoms with Crippen LogP contribution < -0.4 is 11.3 Å². The lowest BCUT2D eigenvalue weighted by molar-refractivity contribution is 1.08. The molecule has 1 heterocycles. The largest absolute Gasteiger partial charge is 0.293 e. The number of H-pyrrole nitrogens is 1. The lowest BCUT2D eigenvalue weighted by Crippen LogP contribution is -2.07. The number of aromatic amines is 1. The molecular formula is C2H7Cl2N5. The Morgan fingerprint density at radius 2 is 2.22 bits per heavy atom. The number of hydrogen-bond acceptors (Lipinski definition) is 4. The second-order valence-electron chi connectivity index (χ2n) is 0.978. The summed E-state index contributed by atoms with van der Waals surface area (Å²) in [7, 11) is 0. The summed E-state index contributed by atoms with van der Waals surface area (Å²) < 4.78 is 0. The number of nitrogens with two attached hydrogens (primary N) is 1. The van der Waals surface area contributed by atoms with Gasteiger partial charge in [-0.1, -0.05) is 0 Å². The molecule has 4 N–H and O–H groups in total. The third kappa shape index (κ3) is 3.12. The summed E-state index contributed by atoms with van der Waals surface area (Å²) in [5.41, 5.74) is 2.28. The van der Waals surface area contributed by atoms with Crippen molar-refractivity contribution in [3.05, 3.63) is 6.33 Å². The van der Waals surface area contributed by atoms with E-state index < -0.39 is 0 Å². The predicted molar refractivity (Wildman–Crippen MR) is 38.7 cm³/mol. The van der Waals surface area contributed by atoms with E-state index in [9.17, 15) is 0 Å². The van der Waals surface area contributed by atoms with Crippen LogP contribution >= 0.6 is 24.8 Å². The highest BCUT2D eigenvalue weighted by atomic mass is 35.5. The molecule has 1 aromatic rings. The van der Waals surface area contributed by atoms with Gasteiger partial charge >= 0.3 is 0 Å². The van der Waals surface area contributed by atoms with Gasteiger partial charge in [0.05, 0.1) is 0 Å². The number of anilines is 1. The summed E-state index contributed by atoms with van der Waals surface area (Å²) in [6, 6.07) is 0. The highest BCUT2D eigenvalue weighted by molar-refractivity contribution is 5.85. The van der Waals surface area contributed by atoms with E-state index in [4.69, 9.17) is 5.84 Å². The standard InChI is InChI=1S/C2H5N5.2ClH/c3-6-2-4-1-5-7-2;;/h1H,3H2,(H2,4,5,6,7);2*1H. The van der Waals surface area contributed by atoms with E-state index in [1.807, 2.05) is 0 Å². The molecule has 0 spiro atoms. The average molecular weight is 172 g/mol. The molecule has 0 bridgehead atoms. The zero-order chi connectivity index (χ0) is 5.11. The van der Waals surface area contributed by atoms with Crippen molar-refractivity contribution < 1.29 is 0 Å². The molecule has 0 aliphatic heterocycles. The molecule has 0 aliphatic carbocycles. The van der Waals surface area contributed by atoms with Crippen LogP contribution in [0.2, 0.25) is 0 Å². The summed E-state index contributed by atoms with van der Waals surface area (Å²) in [6.45, 7) is 0. The van der Waals surface area contributed by atoms with Crippen molar-refractivity contribution in [2.45, 2.75) is 0 Å². The normalized spacial score (nSPS) is 6.78. The van der Waals surface area contributed by atoms with Crippen LogP contribution in [-0.4, -0.2) is 15.2 Å². The fraction of sp³-hybridized carbons (Fsp3) is 0. The van der Waals surface area contributed by atoms with Gasteiger partial charge in [-0.3, -0.25) is 5.43 Å². The maximum Gasteiger partial charge on any atom is 0.232 e. The SMILES string of the molecule is Cl.Cl.NNc1ncn[nH]1. The molecule has 0 radical (unpaired) electrons. The zero-order valence-electron chi connectivity index (χ0n) is 4.37. The highest BCUT2D eigenvalue weighted by Gasteiger charge is 1.82. The number of aromatic nitrogens is 3. The topological polar surface area (TPSA) is 79.6 Å². The molecule has 0 fully saturated rings. The third-order valence-corrected chi connectivity index (χ3v) is 0.552. The van der Waals surface area contributed by atoms with Gasteiger partial charge in [-0.25, -0.2) is 10.9 Å². The van der Waals surface area contributed by atoms with Crippen LogP contribution in [0.5, 0.6) is 0 Å². The molecule has 5 nitrogen and oxygen atoms in total. The van der Waals surface area contributed by atoms with Crippen molar-refractivity contribution in [2.24, 2.45) is 5.84 Å². The van der Waals surface area contributed by atoms with E-state index >= 15 is 0 Å². The Balaban J connectivity index is 0. The molecule has 1 rings (SSSR count). The van der Waals surface area contributed by atoms with E-state index in [0.717, 1.165) is 0 Å². The van der Waals surface area contributed by atoms with Gasteiger partial charge in [0.15, 0.2) is 0 Å². The van der Waals surface area contributed by atoms with Crippen LogP contribution in [0.15, 0.2) is 6.33 Å². The van der Waals surface area contributed by atoms with Crippen molar-refractivity contribution in [3.8, 4) is 0 Å². The molecule has 1 aromatic heterocycles. The van der Waals surface area contributed by atoms with Crippen molar-refractivity contribution in [3.63, 3.8) is 0 Å². The Bertz CT molecular complexity index is 128. The van der Waals surface area contributed by atoms with Crippen LogP contribution in [0, 0.1) is 0 Å².